The molecular formula is C22H24F3NO5. The van der Waals surface area contributed by atoms with Crippen LogP contribution in [0, 0.1) is 0 Å². The first-order valence-electron chi connectivity index (χ1n) is 10.1. The van der Waals surface area contributed by atoms with Crippen LogP contribution in [0.5, 0.6) is 17.5 Å². The fraction of sp³-hybridized carbons (Fsp3) is 0.409. The number of unbranched alkanes of at least 4 members (excludes halogenated alkanes) is 2. The van der Waals surface area contributed by atoms with Gasteiger partial charge in [-0.2, -0.15) is 13.2 Å². The highest BCUT2D eigenvalue weighted by Gasteiger charge is 2.34. The lowest BCUT2D eigenvalue weighted by Crippen LogP contribution is -2.12. The van der Waals surface area contributed by atoms with E-state index in [4.69, 9.17) is 9.15 Å². The predicted molar refractivity (Wildman–Crippen MR) is 109 cm³/mol. The first kappa shape index (κ1) is 22.6. The van der Waals surface area contributed by atoms with Crippen molar-refractivity contribution in [3.8, 4) is 17.5 Å². The molecule has 0 aliphatic carbocycles. The monoisotopic (exact) mass is 439 g/mol. The maximum atomic E-state index is 13.4. The van der Waals surface area contributed by atoms with E-state index >= 15 is 0 Å². The normalized spacial score (nSPS) is 11.9. The van der Waals surface area contributed by atoms with E-state index in [0.29, 0.717) is 49.6 Å². The summed E-state index contributed by atoms with van der Waals surface area (Å²) in [5, 5.41) is 19.1. The van der Waals surface area contributed by atoms with Crippen molar-refractivity contribution in [2.24, 2.45) is 0 Å². The minimum atomic E-state index is -4.67. The Morgan fingerprint density at radius 1 is 1.06 bits per heavy atom. The third-order valence-electron chi connectivity index (χ3n) is 5.03. The molecule has 0 unspecified atom stereocenters. The van der Waals surface area contributed by atoms with Gasteiger partial charge >= 0.3 is 11.8 Å². The van der Waals surface area contributed by atoms with Gasteiger partial charge in [-0.3, -0.25) is 4.57 Å². The van der Waals surface area contributed by atoms with Crippen molar-refractivity contribution in [1.82, 2.24) is 4.57 Å². The summed E-state index contributed by atoms with van der Waals surface area (Å²) in [4.78, 5) is 11.8. The minimum Gasteiger partial charge on any atom is -0.494 e. The number of hydrogen-bond acceptors (Lipinski definition) is 5. The predicted octanol–water partition coefficient (Wildman–Crippen LogP) is 5.23. The van der Waals surface area contributed by atoms with E-state index in [0.717, 1.165) is 6.42 Å². The van der Waals surface area contributed by atoms with Crippen molar-refractivity contribution in [2.45, 2.75) is 51.7 Å². The molecule has 0 radical (unpaired) electrons. The van der Waals surface area contributed by atoms with Gasteiger partial charge in [0.2, 0.25) is 0 Å². The van der Waals surface area contributed by atoms with Crippen LogP contribution < -0.4 is 10.4 Å². The van der Waals surface area contributed by atoms with Crippen molar-refractivity contribution in [3.05, 3.63) is 51.9 Å². The fourth-order valence-corrected chi connectivity index (χ4v) is 3.45. The topological polar surface area (TPSA) is 84.8 Å². The molecule has 0 spiro atoms. The number of fused-ring (bicyclic) bond motifs is 1. The standard InChI is InChI=1S/C22H24F3NO5/c1-2-3-6-15-17(30-12-5-4-11-26-18(27)9-10-19(26)28)8-7-14-16(22(23,24)25)13-20(29)31-21(14)15/h7-10,13,27-28H,2-6,11-12H2,1H3. The molecule has 6 nitrogen and oxygen atoms in total. The Kier molecular flexibility index (Phi) is 6.82. The van der Waals surface area contributed by atoms with E-state index in [1.165, 1.54) is 28.8 Å². The highest BCUT2D eigenvalue weighted by molar-refractivity contribution is 5.85. The first-order valence-corrected chi connectivity index (χ1v) is 10.1. The molecule has 0 amide bonds. The Hall–Kier alpha value is -3.10. The van der Waals surface area contributed by atoms with Crippen LogP contribution in [0.25, 0.3) is 11.0 Å². The van der Waals surface area contributed by atoms with Crippen molar-refractivity contribution in [3.63, 3.8) is 0 Å². The van der Waals surface area contributed by atoms with Gasteiger partial charge in [0.25, 0.3) is 0 Å². The molecule has 9 heteroatoms. The van der Waals surface area contributed by atoms with Gasteiger partial charge in [0.15, 0.2) is 11.8 Å². The van der Waals surface area contributed by atoms with Gasteiger partial charge < -0.3 is 19.4 Å². The molecule has 2 heterocycles. The van der Waals surface area contributed by atoms with Crippen LogP contribution in [0.1, 0.15) is 43.7 Å². The lowest BCUT2D eigenvalue weighted by molar-refractivity contribution is -0.136. The number of alkyl halides is 3. The summed E-state index contributed by atoms with van der Waals surface area (Å²) in [7, 11) is 0. The van der Waals surface area contributed by atoms with Crippen molar-refractivity contribution in [2.75, 3.05) is 6.61 Å². The Labute approximate surface area is 176 Å². The summed E-state index contributed by atoms with van der Waals surface area (Å²) in [5.74, 6) is 0.311. The molecule has 2 N–H and O–H groups in total. The molecule has 0 aliphatic rings. The second-order valence-electron chi connectivity index (χ2n) is 7.26. The summed E-state index contributed by atoms with van der Waals surface area (Å²) in [5.41, 5.74) is -1.72. The number of aryl methyl sites for hydroxylation is 1. The van der Waals surface area contributed by atoms with Crippen LogP contribution in [-0.4, -0.2) is 21.4 Å². The Bertz CT molecular complexity index is 1080. The number of aromatic nitrogens is 1. The van der Waals surface area contributed by atoms with Gasteiger partial charge in [0.1, 0.15) is 11.3 Å². The summed E-state index contributed by atoms with van der Waals surface area (Å²) in [6, 6.07) is 6.00. The lowest BCUT2D eigenvalue weighted by atomic mass is 10.0. The highest BCUT2D eigenvalue weighted by Crippen LogP contribution is 2.37. The highest BCUT2D eigenvalue weighted by atomic mass is 19.4. The number of hydrogen-bond donors (Lipinski definition) is 2. The molecule has 168 valence electrons. The average Bonchev–Trinajstić information content (AvgIpc) is 3.03. The number of nitrogens with zero attached hydrogens (tertiary/aromatic N) is 1. The molecule has 0 saturated carbocycles. The number of rotatable bonds is 9. The Morgan fingerprint density at radius 2 is 1.77 bits per heavy atom. The van der Waals surface area contributed by atoms with E-state index in [2.05, 4.69) is 0 Å². The van der Waals surface area contributed by atoms with Gasteiger partial charge in [-0.1, -0.05) is 13.3 Å². The molecule has 3 rings (SSSR count). The number of aromatic hydroxyl groups is 2. The van der Waals surface area contributed by atoms with Crippen molar-refractivity contribution >= 4 is 11.0 Å². The minimum absolute atomic E-state index is 0.0368. The van der Waals surface area contributed by atoms with Crippen LogP contribution >= 0.6 is 0 Å². The molecule has 0 atom stereocenters. The average molecular weight is 439 g/mol. The molecule has 0 fully saturated rings. The van der Waals surface area contributed by atoms with Gasteiger partial charge in [0.05, 0.1) is 12.2 Å². The van der Waals surface area contributed by atoms with Crippen LogP contribution in [0.2, 0.25) is 0 Å². The van der Waals surface area contributed by atoms with E-state index < -0.39 is 17.4 Å². The van der Waals surface area contributed by atoms with E-state index in [1.54, 1.807) is 0 Å². The second kappa shape index (κ2) is 9.36. The maximum Gasteiger partial charge on any atom is 0.417 e. The molecule has 2 aromatic heterocycles. The lowest BCUT2D eigenvalue weighted by Gasteiger charge is -2.16. The zero-order valence-electron chi connectivity index (χ0n) is 17.0. The summed E-state index contributed by atoms with van der Waals surface area (Å²) < 4.78 is 52.5. The Morgan fingerprint density at radius 3 is 2.42 bits per heavy atom. The summed E-state index contributed by atoms with van der Waals surface area (Å²) >= 11 is 0. The largest absolute Gasteiger partial charge is 0.494 e. The Balaban J connectivity index is 1.80. The smallest absolute Gasteiger partial charge is 0.417 e. The quantitative estimate of drug-likeness (QED) is 0.352. The number of ether oxygens (including phenoxy) is 1. The third-order valence-corrected chi connectivity index (χ3v) is 5.03. The zero-order valence-corrected chi connectivity index (χ0v) is 17.0. The van der Waals surface area contributed by atoms with Crippen molar-refractivity contribution < 1.29 is 32.5 Å². The number of halogens is 3. The van der Waals surface area contributed by atoms with Crippen LogP contribution in [0.4, 0.5) is 13.2 Å². The fourth-order valence-electron chi connectivity index (χ4n) is 3.45. The van der Waals surface area contributed by atoms with Crippen LogP contribution in [-0.2, 0) is 19.1 Å². The zero-order chi connectivity index (χ0) is 22.6. The van der Waals surface area contributed by atoms with Gasteiger partial charge in [-0.05, 0) is 37.8 Å². The molecule has 0 bridgehead atoms. The first-order chi connectivity index (χ1) is 14.7. The second-order valence-corrected chi connectivity index (χ2v) is 7.26. The molecule has 0 aliphatic heterocycles. The molecule has 31 heavy (non-hydrogen) atoms. The summed E-state index contributed by atoms with van der Waals surface area (Å²) in [6.07, 6.45) is -1.58. The number of benzene rings is 1. The molecular weight excluding hydrogens is 415 g/mol. The van der Waals surface area contributed by atoms with E-state index in [9.17, 15) is 28.2 Å². The third kappa shape index (κ3) is 5.15. The van der Waals surface area contributed by atoms with Crippen molar-refractivity contribution in [1.29, 1.82) is 0 Å². The summed E-state index contributed by atoms with van der Waals surface area (Å²) in [6.45, 7) is 2.62. The van der Waals surface area contributed by atoms with E-state index in [1.807, 2.05) is 6.92 Å². The van der Waals surface area contributed by atoms with Crippen LogP contribution in [0.15, 0.2) is 39.5 Å². The maximum absolute atomic E-state index is 13.4. The van der Waals surface area contributed by atoms with Gasteiger partial charge in [-0.15, -0.1) is 0 Å². The SMILES string of the molecule is CCCCc1c(OCCCCn2c(O)ccc2O)ccc2c(C(F)(F)F)cc(=O)oc12. The van der Waals surface area contributed by atoms with Crippen LogP contribution in [0.3, 0.4) is 0 Å². The van der Waals surface area contributed by atoms with E-state index in [-0.39, 0.29) is 29.3 Å². The molecule has 1 aromatic carbocycles. The molecule has 0 saturated heterocycles. The molecule has 3 aromatic rings. The van der Waals surface area contributed by atoms with Gasteiger partial charge in [-0.25, -0.2) is 4.79 Å². The van der Waals surface area contributed by atoms with Gasteiger partial charge in [0, 0.05) is 35.7 Å².